The molecule has 0 fully saturated rings. The van der Waals surface area contributed by atoms with Gasteiger partial charge in [-0.2, -0.15) is 0 Å². The second-order valence-electron chi connectivity index (χ2n) is 5.14. The van der Waals surface area contributed by atoms with E-state index in [1.165, 1.54) is 77.0 Å². The number of nitrogens with two attached hydrogens (primary N) is 2. The van der Waals surface area contributed by atoms with Gasteiger partial charge in [-0.25, -0.2) is 0 Å². The Hall–Kier alpha value is 0.300. The summed E-state index contributed by atoms with van der Waals surface area (Å²) in [7, 11) is 0. The molecule has 0 aromatic carbocycles. The fourth-order valence-corrected chi connectivity index (χ4v) is 2.72. The highest BCUT2D eigenvalue weighted by Crippen LogP contribution is 2.12. The molecule has 0 aromatic rings. The largest absolute Gasteiger partial charge is 1.00 e. The third kappa shape index (κ3) is 20.8. The highest BCUT2D eigenvalue weighted by molar-refractivity contribution is 8.13. The minimum atomic E-state index is 0. The molecular formula is C15H33BrN2S. The predicted molar refractivity (Wildman–Crippen MR) is 84.7 cm³/mol. The molecule has 0 aliphatic carbocycles. The Balaban J connectivity index is 0. The zero-order chi connectivity index (χ0) is 13.5. The molecule has 116 valence electrons. The lowest BCUT2D eigenvalue weighted by Gasteiger charge is -2.02. The lowest BCUT2D eigenvalue weighted by atomic mass is 10.1. The Bertz CT molecular complexity index is 189. The quantitative estimate of drug-likeness (QED) is 0.288. The number of hydrogen-bond donors (Lipinski definition) is 2. The first-order valence-corrected chi connectivity index (χ1v) is 8.76. The predicted octanol–water partition coefficient (Wildman–Crippen LogP) is 0.499. The molecule has 0 saturated carbocycles. The van der Waals surface area contributed by atoms with Crippen LogP contribution in [-0.4, -0.2) is 10.9 Å². The van der Waals surface area contributed by atoms with Gasteiger partial charge in [0.05, 0.1) is 0 Å². The van der Waals surface area contributed by atoms with Crippen molar-refractivity contribution in [2.75, 3.05) is 5.75 Å². The van der Waals surface area contributed by atoms with E-state index in [2.05, 4.69) is 6.92 Å². The molecule has 0 unspecified atom stereocenters. The van der Waals surface area contributed by atoms with E-state index in [-0.39, 0.29) is 17.0 Å². The molecule has 0 amide bonds. The lowest BCUT2D eigenvalue weighted by Crippen LogP contribution is -3.00. The van der Waals surface area contributed by atoms with Gasteiger partial charge in [0.25, 0.3) is 5.17 Å². The SMILES string of the molecule is CCCCCCCCCCCCCCSC(N)=[NH2+].[Br-]. The van der Waals surface area contributed by atoms with E-state index in [1.54, 1.807) is 11.8 Å². The van der Waals surface area contributed by atoms with E-state index in [1.807, 2.05) is 0 Å². The summed E-state index contributed by atoms with van der Waals surface area (Å²) in [6.45, 7) is 2.28. The first kappa shape index (κ1) is 21.6. The second-order valence-corrected chi connectivity index (χ2v) is 6.31. The van der Waals surface area contributed by atoms with Crippen molar-refractivity contribution < 1.29 is 22.4 Å². The second kappa shape index (κ2) is 18.3. The van der Waals surface area contributed by atoms with Gasteiger partial charge < -0.3 is 17.0 Å². The Labute approximate surface area is 135 Å². The van der Waals surface area contributed by atoms with Crippen molar-refractivity contribution in [1.29, 1.82) is 0 Å². The van der Waals surface area contributed by atoms with Crippen LogP contribution < -0.4 is 28.1 Å². The average Bonchev–Trinajstić information content (AvgIpc) is 2.34. The fourth-order valence-electron chi connectivity index (χ4n) is 2.13. The molecule has 0 aromatic heterocycles. The van der Waals surface area contributed by atoms with Crippen molar-refractivity contribution in [3.63, 3.8) is 0 Å². The first-order chi connectivity index (χ1) is 8.77. The van der Waals surface area contributed by atoms with Crippen molar-refractivity contribution in [2.45, 2.75) is 84.0 Å². The van der Waals surface area contributed by atoms with Crippen LogP contribution in [0, 0.1) is 0 Å². The summed E-state index contributed by atoms with van der Waals surface area (Å²) in [4.78, 5) is 0. The zero-order valence-corrected chi connectivity index (χ0v) is 15.0. The third-order valence-corrected chi connectivity index (χ3v) is 4.09. The maximum Gasteiger partial charge on any atom is 0.299 e. The van der Waals surface area contributed by atoms with Gasteiger partial charge in [0.15, 0.2) is 0 Å². The Morgan fingerprint density at radius 3 is 1.53 bits per heavy atom. The molecule has 0 aliphatic rings. The van der Waals surface area contributed by atoms with Gasteiger partial charge in [-0.1, -0.05) is 77.6 Å². The van der Waals surface area contributed by atoms with E-state index in [0.29, 0.717) is 5.17 Å². The molecule has 0 heterocycles. The molecule has 0 rings (SSSR count). The van der Waals surface area contributed by atoms with Crippen LogP contribution in [0.5, 0.6) is 0 Å². The lowest BCUT2D eigenvalue weighted by molar-refractivity contribution is -0.110. The number of hydrogen-bond acceptors (Lipinski definition) is 1. The van der Waals surface area contributed by atoms with E-state index < -0.39 is 0 Å². The molecule has 19 heavy (non-hydrogen) atoms. The maximum absolute atomic E-state index is 5.39. The van der Waals surface area contributed by atoms with E-state index >= 15 is 0 Å². The molecule has 0 radical (unpaired) electrons. The van der Waals surface area contributed by atoms with Crippen molar-refractivity contribution in [3.8, 4) is 0 Å². The van der Waals surface area contributed by atoms with Gasteiger partial charge in [-0.05, 0) is 18.2 Å². The average molecular weight is 353 g/mol. The van der Waals surface area contributed by atoms with Gasteiger partial charge in [-0.3, -0.25) is 11.1 Å². The number of amidine groups is 1. The number of thioether (sulfide) groups is 1. The molecule has 0 bridgehead atoms. The van der Waals surface area contributed by atoms with Gasteiger partial charge in [0.2, 0.25) is 0 Å². The van der Waals surface area contributed by atoms with Gasteiger partial charge in [0, 0.05) is 5.75 Å². The first-order valence-electron chi connectivity index (χ1n) is 7.78. The van der Waals surface area contributed by atoms with Crippen molar-refractivity contribution in [2.24, 2.45) is 5.73 Å². The molecule has 0 aliphatic heterocycles. The monoisotopic (exact) mass is 352 g/mol. The Kier molecular flexibility index (Phi) is 20.8. The minimum absolute atomic E-state index is 0. The molecule has 0 spiro atoms. The van der Waals surface area contributed by atoms with E-state index in [9.17, 15) is 0 Å². The number of halogens is 1. The topological polar surface area (TPSA) is 51.6 Å². The molecule has 0 atom stereocenters. The summed E-state index contributed by atoms with van der Waals surface area (Å²) in [5.74, 6) is 1.08. The van der Waals surface area contributed by atoms with Gasteiger partial charge in [-0.15, -0.1) is 0 Å². The van der Waals surface area contributed by atoms with Crippen LogP contribution in [0.2, 0.25) is 0 Å². The summed E-state index contributed by atoms with van der Waals surface area (Å²) in [5.41, 5.74) is 5.39. The molecule has 4 N–H and O–H groups in total. The van der Waals surface area contributed by atoms with Crippen LogP contribution in [0.4, 0.5) is 0 Å². The third-order valence-electron chi connectivity index (χ3n) is 3.27. The summed E-state index contributed by atoms with van der Waals surface area (Å²) in [6.07, 6.45) is 16.8. The summed E-state index contributed by atoms with van der Waals surface area (Å²) in [5, 5.41) is 5.90. The van der Waals surface area contributed by atoms with Crippen molar-refractivity contribution >= 4 is 16.9 Å². The van der Waals surface area contributed by atoms with Crippen LogP contribution in [0.1, 0.15) is 84.0 Å². The molecule has 2 nitrogen and oxygen atoms in total. The highest BCUT2D eigenvalue weighted by Gasteiger charge is 1.96. The van der Waals surface area contributed by atoms with Crippen LogP contribution in [0.25, 0.3) is 0 Å². The van der Waals surface area contributed by atoms with E-state index in [4.69, 9.17) is 11.1 Å². The van der Waals surface area contributed by atoms with Crippen LogP contribution in [0.3, 0.4) is 0 Å². The molecule has 4 heteroatoms. The fraction of sp³-hybridized carbons (Fsp3) is 0.933. The minimum Gasteiger partial charge on any atom is -1.00 e. The Morgan fingerprint density at radius 1 is 0.789 bits per heavy atom. The standard InChI is InChI=1S/C15H32N2S.BrH/c1-2-3-4-5-6-7-8-9-10-11-12-13-14-18-15(16)17;/h2-14H2,1H3,(H3,16,17);1H. The summed E-state index contributed by atoms with van der Waals surface area (Å²) in [6, 6.07) is 0. The van der Waals surface area contributed by atoms with Gasteiger partial charge in [0.1, 0.15) is 0 Å². The van der Waals surface area contributed by atoms with Gasteiger partial charge >= 0.3 is 0 Å². The van der Waals surface area contributed by atoms with Crippen LogP contribution in [0.15, 0.2) is 0 Å². The van der Waals surface area contributed by atoms with Crippen LogP contribution in [-0.2, 0) is 0 Å². The normalized spacial score (nSPS) is 10.2. The zero-order valence-electron chi connectivity index (χ0n) is 12.6. The number of unbranched alkanes of at least 4 members (excludes halogenated alkanes) is 11. The van der Waals surface area contributed by atoms with E-state index in [0.717, 1.165) is 5.75 Å². The highest BCUT2D eigenvalue weighted by atomic mass is 79.9. The Morgan fingerprint density at radius 2 is 1.16 bits per heavy atom. The number of rotatable bonds is 13. The van der Waals surface area contributed by atoms with Crippen molar-refractivity contribution in [3.05, 3.63) is 0 Å². The molecular weight excluding hydrogens is 320 g/mol. The molecule has 0 saturated heterocycles. The maximum atomic E-state index is 5.39. The summed E-state index contributed by atoms with van der Waals surface area (Å²) >= 11 is 1.58. The van der Waals surface area contributed by atoms with Crippen LogP contribution >= 0.6 is 11.8 Å². The smallest absolute Gasteiger partial charge is 0.299 e. The van der Waals surface area contributed by atoms with Crippen molar-refractivity contribution in [1.82, 2.24) is 0 Å². The summed E-state index contributed by atoms with van der Waals surface area (Å²) < 4.78 is 0.